The minimum atomic E-state index is -0.415. The van der Waals surface area contributed by atoms with E-state index in [1.54, 1.807) is 6.92 Å². The van der Waals surface area contributed by atoms with Crippen molar-refractivity contribution in [3.8, 4) is 28.4 Å². The second-order valence-electron chi connectivity index (χ2n) is 10.1. The molecule has 1 unspecified atom stereocenters. The first-order chi connectivity index (χ1) is 18.0. The van der Waals surface area contributed by atoms with Gasteiger partial charge in [-0.1, -0.05) is 17.3 Å². The third-order valence-corrected chi connectivity index (χ3v) is 7.46. The van der Waals surface area contributed by atoms with Crippen molar-refractivity contribution in [2.45, 2.75) is 65.0 Å². The fourth-order valence-electron chi connectivity index (χ4n) is 5.17. The summed E-state index contributed by atoms with van der Waals surface area (Å²) < 4.78 is 19.2. The van der Waals surface area contributed by atoms with Gasteiger partial charge in [0, 0.05) is 30.1 Å². The second-order valence-corrected chi connectivity index (χ2v) is 10.1. The highest BCUT2D eigenvalue weighted by Crippen LogP contribution is 2.46. The first kappa shape index (κ1) is 23.6. The summed E-state index contributed by atoms with van der Waals surface area (Å²) in [5, 5.41) is 8.23. The molecule has 0 aliphatic heterocycles. The van der Waals surface area contributed by atoms with Crippen molar-refractivity contribution in [2.75, 3.05) is 11.9 Å². The van der Waals surface area contributed by atoms with Crippen LogP contribution in [-0.2, 0) is 4.74 Å². The number of anilines is 1. The molecule has 1 atom stereocenters. The van der Waals surface area contributed by atoms with Crippen LogP contribution in [0.4, 0.5) is 10.5 Å². The van der Waals surface area contributed by atoms with Gasteiger partial charge >= 0.3 is 6.09 Å². The van der Waals surface area contributed by atoms with Crippen molar-refractivity contribution in [3.05, 3.63) is 48.4 Å². The zero-order chi connectivity index (χ0) is 25.5. The second kappa shape index (κ2) is 9.57. The van der Waals surface area contributed by atoms with Crippen LogP contribution < -0.4 is 10.1 Å². The molecule has 4 aromatic rings. The Kier molecular flexibility index (Phi) is 6.10. The van der Waals surface area contributed by atoms with Gasteiger partial charge in [-0.3, -0.25) is 5.32 Å². The average Bonchev–Trinajstić information content (AvgIpc) is 3.55. The van der Waals surface area contributed by atoms with E-state index in [0.717, 1.165) is 59.2 Å². The van der Waals surface area contributed by atoms with E-state index in [1.807, 2.05) is 44.2 Å². The molecule has 2 aromatic carbocycles. The lowest BCUT2D eigenvalue weighted by Gasteiger charge is -2.30. The number of rotatable bonds is 8. The monoisotopic (exact) mass is 500 g/mol. The van der Waals surface area contributed by atoms with Gasteiger partial charge in [0.25, 0.3) is 0 Å². The Morgan fingerprint density at radius 2 is 1.95 bits per heavy atom. The molecule has 2 aliphatic rings. The van der Waals surface area contributed by atoms with Crippen molar-refractivity contribution >= 4 is 22.7 Å². The van der Waals surface area contributed by atoms with Gasteiger partial charge in [-0.05, 0) is 81.7 Å². The third kappa shape index (κ3) is 4.56. The molecule has 0 saturated heterocycles. The third-order valence-electron chi connectivity index (χ3n) is 7.46. The van der Waals surface area contributed by atoms with E-state index in [1.165, 1.54) is 6.42 Å². The van der Waals surface area contributed by atoms with E-state index in [2.05, 4.69) is 32.2 Å². The Morgan fingerprint density at radius 3 is 2.57 bits per heavy atom. The van der Waals surface area contributed by atoms with Crippen LogP contribution in [0.25, 0.3) is 33.5 Å². The van der Waals surface area contributed by atoms with Crippen LogP contribution in [0.15, 0.2) is 47.0 Å². The number of carbonyl (C=O) groups excluding carboxylic acids is 1. The summed E-state index contributed by atoms with van der Waals surface area (Å²) >= 11 is 0. The quantitative estimate of drug-likeness (QED) is 0.276. The smallest absolute Gasteiger partial charge is 0.411 e. The SMILES string of the molecule is CCOc1ccc2c(-c3noc(C)n3)c(-c3ccc(NC(=O)OC(C)C4CC4)cc3)n(C3CCC3)c2c1. The van der Waals surface area contributed by atoms with Gasteiger partial charge in [0.2, 0.25) is 11.7 Å². The summed E-state index contributed by atoms with van der Waals surface area (Å²) in [6.07, 6.45) is 5.23. The highest BCUT2D eigenvalue weighted by molar-refractivity contribution is 6.04. The lowest BCUT2D eigenvalue weighted by Crippen LogP contribution is -2.21. The standard InChI is InChI=1S/C29H32N4O4/c1-4-35-23-14-15-24-25(16-23)33(22-6-5-7-22)27(26(24)28-30-18(3)37-32-28)20-10-12-21(13-11-20)31-29(34)36-17(2)19-8-9-19/h10-17,19,22H,4-9H2,1-3H3,(H,31,34). The molecule has 6 rings (SSSR count). The van der Waals surface area contributed by atoms with Gasteiger partial charge in [0.05, 0.1) is 23.4 Å². The van der Waals surface area contributed by atoms with E-state index >= 15 is 0 Å². The van der Waals surface area contributed by atoms with Crippen molar-refractivity contribution in [1.82, 2.24) is 14.7 Å². The maximum Gasteiger partial charge on any atom is 0.411 e. The Balaban J connectivity index is 1.42. The van der Waals surface area contributed by atoms with Crippen LogP contribution in [0.2, 0.25) is 0 Å². The molecule has 2 fully saturated rings. The number of amides is 1. The molecular formula is C29H32N4O4. The zero-order valence-electron chi connectivity index (χ0n) is 21.5. The minimum Gasteiger partial charge on any atom is -0.494 e. The molecule has 192 valence electrons. The van der Waals surface area contributed by atoms with Crippen LogP contribution in [0.5, 0.6) is 5.75 Å². The predicted molar refractivity (Wildman–Crippen MR) is 142 cm³/mol. The molecule has 2 aliphatic carbocycles. The molecule has 37 heavy (non-hydrogen) atoms. The number of hydrogen-bond donors (Lipinski definition) is 1. The van der Waals surface area contributed by atoms with Crippen LogP contribution in [0.1, 0.15) is 57.9 Å². The lowest BCUT2D eigenvalue weighted by atomic mass is 9.92. The minimum absolute atomic E-state index is 0.0555. The molecule has 0 bridgehead atoms. The summed E-state index contributed by atoms with van der Waals surface area (Å²) in [6, 6.07) is 14.5. The number of benzene rings is 2. The van der Waals surface area contributed by atoms with Gasteiger partial charge in [-0.25, -0.2) is 4.79 Å². The summed E-state index contributed by atoms with van der Waals surface area (Å²) in [4.78, 5) is 17.0. The van der Waals surface area contributed by atoms with E-state index < -0.39 is 6.09 Å². The zero-order valence-corrected chi connectivity index (χ0v) is 21.5. The van der Waals surface area contributed by atoms with Crippen LogP contribution in [0, 0.1) is 12.8 Å². The summed E-state index contributed by atoms with van der Waals surface area (Å²) in [5.41, 5.74) is 4.80. The highest BCUT2D eigenvalue weighted by atomic mass is 16.6. The summed E-state index contributed by atoms with van der Waals surface area (Å²) in [5.74, 6) is 2.43. The number of aryl methyl sites for hydroxylation is 1. The van der Waals surface area contributed by atoms with Crippen LogP contribution >= 0.6 is 0 Å². The Hall–Kier alpha value is -3.81. The Labute approximate surface area is 216 Å². The molecule has 2 heterocycles. The molecule has 2 aromatic heterocycles. The van der Waals surface area contributed by atoms with E-state index in [9.17, 15) is 4.79 Å². The summed E-state index contributed by atoms with van der Waals surface area (Å²) in [6.45, 7) is 6.36. The maximum atomic E-state index is 12.4. The molecule has 0 spiro atoms. The van der Waals surface area contributed by atoms with Gasteiger partial charge < -0.3 is 18.6 Å². The Morgan fingerprint density at radius 1 is 1.16 bits per heavy atom. The van der Waals surface area contributed by atoms with Gasteiger partial charge in [0.15, 0.2) is 0 Å². The van der Waals surface area contributed by atoms with Gasteiger partial charge in [-0.15, -0.1) is 0 Å². The van der Waals surface area contributed by atoms with E-state index in [4.69, 9.17) is 14.0 Å². The molecule has 1 N–H and O–H groups in total. The number of fused-ring (bicyclic) bond motifs is 1. The Bertz CT molecular complexity index is 1430. The number of aromatic nitrogens is 3. The molecule has 8 heteroatoms. The molecule has 0 radical (unpaired) electrons. The van der Waals surface area contributed by atoms with Crippen LogP contribution in [-0.4, -0.2) is 33.5 Å². The molecule has 8 nitrogen and oxygen atoms in total. The number of hydrogen-bond acceptors (Lipinski definition) is 6. The number of ether oxygens (including phenoxy) is 2. The van der Waals surface area contributed by atoms with Gasteiger partial charge in [-0.2, -0.15) is 4.98 Å². The van der Waals surface area contributed by atoms with Crippen molar-refractivity contribution < 1.29 is 18.8 Å². The maximum absolute atomic E-state index is 12.4. The first-order valence-electron chi connectivity index (χ1n) is 13.2. The topological polar surface area (TPSA) is 91.4 Å². The van der Waals surface area contributed by atoms with Gasteiger partial charge in [0.1, 0.15) is 11.9 Å². The van der Waals surface area contributed by atoms with Crippen molar-refractivity contribution in [1.29, 1.82) is 0 Å². The molecule has 1 amide bonds. The number of nitrogens with one attached hydrogen (secondary N) is 1. The van der Waals surface area contributed by atoms with E-state index in [-0.39, 0.29) is 6.10 Å². The van der Waals surface area contributed by atoms with Crippen molar-refractivity contribution in [3.63, 3.8) is 0 Å². The molecule has 2 saturated carbocycles. The number of carbonyl (C=O) groups is 1. The number of nitrogens with zero attached hydrogens (tertiary/aromatic N) is 3. The normalized spacial score (nSPS) is 16.4. The fourth-order valence-corrected chi connectivity index (χ4v) is 5.17. The largest absolute Gasteiger partial charge is 0.494 e. The average molecular weight is 501 g/mol. The highest BCUT2D eigenvalue weighted by Gasteiger charge is 2.31. The molecular weight excluding hydrogens is 468 g/mol. The van der Waals surface area contributed by atoms with E-state index in [0.29, 0.717) is 36.0 Å². The lowest BCUT2D eigenvalue weighted by molar-refractivity contribution is 0.108. The fraction of sp³-hybridized carbons (Fsp3) is 0.414. The predicted octanol–water partition coefficient (Wildman–Crippen LogP) is 7.14. The summed E-state index contributed by atoms with van der Waals surface area (Å²) in [7, 11) is 0. The van der Waals surface area contributed by atoms with Crippen molar-refractivity contribution in [2.24, 2.45) is 5.92 Å². The van der Waals surface area contributed by atoms with Crippen LogP contribution in [0.3, 0.4) is 0 Å². The first-order valence-corrected chi connectivity index (χ1v) is 13.2.